The topological polar surface area (TPSA) is 0 Å². The molecule has 486 valence electrons. The number of thiophene rings is 4. The second kappa shape index (κ2) is 37.4. The molecule has 9 rings (SSSR count). The van der Waals surface area contributed by atoms with E-state index in [1.165, 1.54) is 341 Å². The Kier molecular flexibility index (Phi) is 29.7. The molecule has 0 saturated heterocycles. The van der Waals surface area contributed by atoms with Crippen molar-refractivity contribution in [1.82, 2.24) is 0 Å². The zero-order valence-corrected chi connectivity index (χ0v) is 60.9. The lowest BCUT2D eigenvalue weighted by Crippen LogP contribution is -2.27. The monoisotopic (exact) mass is 1260 g/mol. The number of aryl methyl sites for hydroxylation is 2. The molecule has 0 nitrogen and oxygen atoms in total. The molecule has 0 atom stereocenters. The SMILES string of the molecule is CCCCCCCCCCCCCCCCCCCCc1ccc2c(c1)sc1c3c(sc12)-c1cc2c(cc1C3(CCCC)CCCC)-c1sc3c(sc4cc(CCCCCCCCCCCCCCCCCCCC)ccc43)c1C2(CCCC)CCCC. The highest BCUT2D eigenvalue weighted by Gasteiger charge is 2.51. The number of fused-ring (bicyclic) bond motifs is 14. The van der Waals surface area contributed by atoms with E-state index in [1.54, 1.807) is 73.1 Å². The number of unbranched alkanes of at least 4 members (excludes halogenated alkanes) is 38. The number of rotatable bonds is 50. The van der Waals surface area contributed by atoms with Crippen LogP contribution in [-0.2, 0) is 23.7 Å². The van der Waals surface area contributed by atoms with Crippen molar-refractivity contribution < 1.29 is 0 Å². The van der Waals surface area contributed by atoms with Crippen LogP contribution in [0.1, 0.15) is 383 Å². The minimum Gasteiger partial charge on any atom is -0.134 e. The first-order valence-corrected chi connectivity index (χ1v) is 41.9. The van der Waals surface area contributed by atoms with Gasteiger partial charge in [0.2, 0.25) is 0 Å². The summed E-state index contributed by atoms with van der Waals surface area (Å²) in [5, 5.41) is 3.05. The number of hydrogen-bond acceptors (Lipinski definition) is 4. The molecule has 7 aromatic rings. The molecule has 0 unspecified atom stereocenters. The van der Waals surface area contributed by atoms with Crippen LogP contribution in [0, 0.1) is 0 Å². The van der Waals surface area contributed by atoms with Crippen molar-refractivity contribution in [2.24, 2.45) is 0 Å². The summed E-state index contributed by atoms with van der Waals surface area (Å²) in [5.74, 6) is 0. The molecule has 2 aliphatic carbocycles. The molecule has 0 radical (unpaired) electrons. The van der Waals surface area contributed by atoms with Gasteiger partial charge in [-0.25, -0.2) is 0 Å². The molecule has 3 aromatic carbocycles. The van der Waals surface area contributed by atoms with Crippen LogP contribution < -0.4 is 0 Å². The Bertz CT molecular complexity index is 2880. The largest absolute Gasteiger partial charge is 0.134 e. The van der Waals surface area contributed by atoms with Gasteiger partial charge in [-0.15, -0.1) is 45.3 Å². The highest BCUT2D eigenvalue weighted by Crippen LogP contribution is 2.67. The standard InChI is InChI=1S/C84H126S4/c1-7-13-19-21-23-25-27-29-31-33-35-37-39-41-43-45-47-49-51-65-53-55-67-73(61-65)85-81-75-77(87-79(67)81)69-63-72-70(64-71(69)83(75,57-15-9-3)58-16-10-4)78-76(84(72,59-17-11-5)60-18-12-6)82-80(88-78)68-56-54-66(62-74(68)86-82)52-50-48-46-44-42-40-38-36-34-32-30-28-26-24-22-20-14-8-2/h53-56,61-64H,7-52,57-60H2,1-6H3. The highest BCUT2D eigenvalue weighted by atomic mass is 32.1. The predicted molar refractivity (Wildman–Crippen MR) is 403 cm³/mol. The molecule has 88 heavy (non-hydrogen) atoms. The Hall–Kier alpha value is -2.50. The maximum atomic E-state index is 2.87. The summed E-state index contributed by atoms with van der Waals surface area (Å²) < 4.78 is 9.51. The summed E-state index contributed by atoms with van der Waals surface area (Å²) >= 11 is 8.71. The zero-order valence-electron chi connectivity index (χ0n) is 57.6. The van der Waals surface area contributed by atoms with Gasteiger partial charge in [-0.1, -0.05) is 335 Å². The molecule has 0 bridgehead atoms. The van der Waals surface area contributed by atoms with Gasteiger partial charge in [0.25, 0.3) is 0 Å². The summed E-state index contributed by atoms with van der Waals surface area (Å²) in [4.78, 5) is 3.28. The Labute approximate surface area is 556 Å². The second-order valence-corrected chi connectivity index (χ2v) is 33.0. The van der Waals surface area contributed by atoms with Crippen molar-refractivity contribution in [3.05, 3.63) is 81.9 Å². The molecule has 4 heterocycles. The van der Waals surface area contributed by atoms with Crippen molar-refractivity contribution in [3.63, 3.8) is 0 Å². The number of benzene rings is 3. The fourth-order valence-electron chi connectivity index (χ4n) is 16.5. The van der Waals surface area contributed by atoms with E-state index in [0.29, 0.717) is 0 Å². The summed E-state index contributed by atoms with van der Waals surface area (Å²) in [6, 6.07) is 21.1. The Morgan fingerprint density at radius 1 is 0.261 bits per heavy atom. The van der Waals surface area contributed by atoms with Crippen LogP contribution in [0.15, 0.2) is 48.5 Å². The highest BCUT2D eigenvalue weighted by molar-refractivity contribution is 7.35. The summed E-state index contributed by atoms with van der Waals surface area (Å²) in [5.41, 5.74) is 13.4. The lowest BCUT2D eigenvalue weighted by atomic mass is 9.69. The van der Waals surface area contributed by atoms with Gasteiger partial charge in [0.15, 0.2) is 0 Å². The smallest absolute Gasteiger partial charge is 0.0539 e. The fourth-order valence-corrected chi connectivity index (χ4v) is 22.7. The predicted octanol–water partition coefficient (Wildman–Crippen LogP) is 31.0. The first-order valence-electron chi connectivity index (χ1n) is 38.6. The van der Waals surface area contributed by atoms with E-state index in [0.717, 1.165) is 0 Å². The Balaban J connectivity index is 0.851. The molecule has 4 heteroatoms. The van der Waals surface area contributed by atoms with Gasteiger partial charge < -0.3 is 0 Å². The van der Waals surface area contributed by atoms with E-state index in [1.807, 2.05) is 0 Å². The lowest BCUT2D eigenvalue weighted by Gasteiger charge is -2.34. The summed E-state index contributed by atoms with van der Waals surface area (Å²) in [6.07, 6.45) is 69.4. The van der Waals surface area contributed by atoms with E-state index in [4.69, 9.17) is 0 Å². The van der Waals surface area contributed by atoms with Crippen molar-refractivity contribution in [2.75, 3.05) is 0 Å². The molecule has 0 fully saturated rings. The van der Waals surface area contributed by atoms with Gasteiger partial charge in [0, 0.05) is 40.8 Å². The van der Waals surface area contributed by atoms with Crippen LogP contribution in [0.25, 0.3) is 59.9 Å². The van der Waals surface area contributed by atoms with E-state index in [-0.39, 0.29) is 10.8 Å². The van der Waals surface area contributed by atoms with Gasteiger partial charge in [-0.2, -0.15) is 0 Å². The van der Waals surface area contributed by atoms with Crippen LogP contribution >= 0.6 is 45.3 Å². The van der Waals surface area contributed by atoms with Gasteiger partial charge in [-0.05, 0) is 120 Å². The normalized spacial score (nSPS) is 14.0. The number of hydrogen-bond donors (Lipinski definition) is 0. The summed E-state index contributed by atoms with van der Waals surface area (Å²) in [6.45, 7) is 14.4. The first-order chi connectivity index (χ1) is 43.5. The van der Waals surface area contributed by atoms with Crippen molar-refractivity contribution in [3.8, 4) is 20.9 Å². The van der Waals surface area contributed by atoms with Gasteiger partial charge in [0.1, 0.15) is 0 Å². The third-order valence-corrected chi connectivity index (χ3v) is 26.9. The Morgan fingerprint density at radius 2 is 0.523 bits per heavy atom. The minimum absolute atomic E-state index is 0.0720. The third-order valence-electron chi connectivity index (χ3n) is 21.8. The molecule has 4 aromatic heterocycles. The summed E-state index contributed by atoms with van der Waals surface area (Å²) in [7, 11) is 0. The third kappa shape index (κ3) is 17.6. The minimum atomic E-state index is 0.0720. The molecular weight excluding hydrogens is 1140 g/mol. The van der Waals surface area contributed by atoms with Crippen LogP contribution in [0.3, 0.4) is 0 Å². The Morgan fingerprint density at radius 3 is 0.795 bits per heavy atom. The first kappa shape index (κ1) is 69.8. The molecule has 0 amide bonds. The quantitative estimate of drug-likeness (QED) is 0.0334. The van der Waals surface area contributed by atoms with E-state index in [2.05, 4.69) is 135 Å². The van der Waals surface area contributed by atoms with Crippen molar-refractivity contribution in [1.29, 1.82) is 0 Å². The van der Waals surface area contributed by atoms with Crippen molar-refractivity contribution >= 4 is 84.3 Å². The molecular formula is C84H126S4. The van der Waals surface area contributed by atoms with Gasteiger partial charge in [-0.3, -0.25) is 0 Å². The van der Waals surface area contributed by atoms with Crippen LogP contribution in [0.5, 0.6) is 0 Å². The average Bonchev–Trinajstić information content (AvgIpc) is 1.52. The van der Waals surface area contributed by atoms with Gasteiger partial charge >= 0.3 is 0 Å². The molecule has 0 saturated carbocycles. The molecule has 2 aliphatic rings. The van der Waals surface area contributed by atoms with Gasteiger partial charge in [0.05, 0.1) is 18.8 Å². The van der Waals surface area contributed by atoms with Crippen LogP contribution in [-0.4, -0.2) is 0 Å². The van der Waals surface area contributed by atoms with Crippen LogP contribution in [0.2, 0.25) is 0 Å². The molecule has 0 spiro atoms. The lowest BCUT2D eigenvalue weighted by molar-refractivity contribution is 0.414. The zero-order chi connectivity index (χ0) is 61.2. The van der Waals surface area contributed by atoms with E-state index < -0.39 is 0 Å². The molecule has 0 N–H and O–H groups in total. The van der Waals surface area contributed by atoms with E-state index in [9.17, 15) is 0 Å². The van der Waals surface area contributed by atoms with Crippen LogP contribution in [0.4, 0.5) is 0 Å². The second-order valence-electron chi connectivity index (χ2n) is 28.8. The average molecular weight is 1260 g/mol. The van der Waals surface area contributed by atoms with E-state index >= 15 is 0 Å². The van der Waals surface area contributed by atoms with Crippen molar-refractivity contribution in [2.45, 2.75) is 373 Å². The fraction of sp³-hybridized carbons (Fsp3) is 0.690. The maximum Gasteiger partial charge on any atom is 0.0539 e. The molecule has 0 aliphatic heterocycles. The maximum absolute atomic E-state index is 2.87.